The number of nitrogens with one attached hydrogen (secondary N) is 2. The minimum absolute atomic E-state index is 0.0848. The smallest absolute Gasteiger partial charge is 0.348 e. The number of hydrogen-bond acceptors (Lipinski definition) is 6. The first-order chi connectivity index (χ1) is 9.94. The Morgan fingerprint density at radius 3 is 2.95 bits per heavy atom. The molecule has 6 nitrogen and oxygen atoms in total. The van der Waals surface area contributed by atoms with E-state index in [0.717, 1.165) is 43.7 Å². The molecule has 9 heteroatoms. The molecule has 21 heavy (non-hydrogen) atoms. The Balaban J connectivity index is 2.18. The summed E-state index contributed by atoms with van der Waals surface area (Å²) in [4.78, 5) is 11.8. The SMILES string of the molecule is COC(=O)c1cc(S(=O)(=O)NC2CCCNCC2)c(Br)s1. The van der Waals surface area contributed by atoms with Gasteiger partial charge in [-0.2, -0.15) is 0 Å². The fourth-order valence-electron chi connectivity index (χ4n) is 2.16. The molecule has 1 aliphatic heterocycles. The van der Waals surface area contributed by atoms with Crippen LogP contribution in [0, 0.1) is 0 Å². The molecule has 0 amide bonds. The second-order valence-electron chi connectivity index (χ2n) is 4.74. The van der Waals surface area contributed by atoms with Gasteiger partial charge in [-0.15, -0.1) is 11.3 Å². The van der Waals surface area contributed by atoms with Crippen LogP contribution in [0.5, 0.6) is 0 Å². The molecule has 1 fully saturated rings. The lowest BCUT2D eigenvalue weighted by Crippen LogP contribution is -2.35. The molecular formula is C12H17BrN2O4S2. The first-order valence-corrected chi connectivity index (χ1v) is 9.64. The van der Waals surface area contributed by atoms with Crippen molar-refractivity contribution < 1.29 is 17.9 Å². The molecule has 0 bridgehead atoms. The van der Waals surface area contributed by atoms with E-state index in [-0.39, 0.29) is 15.8 Å². The van der Waals surface area contributed by atoms with E-state index in [1.807, 2.05) is 0 Å². The van der Waals surface area contributed by atoms with Gasteiger partial charge in [-0.25, -0.2) is 17.9 Å². The number of hydrogen-bond donors (Lipinski definition) is 2. The zero-order valence-electron chi connectivity index (χ0n) is 11.5. The highest BCUT2D eigenvalue weighted by Crippen LogP contribution is 2.32. The molecule has 0 spiro atoms. The first kappa shape index (κ1) is 16.9. The minimum atomic E-state index is -3.65. The number of methoxy groups -OCH3 is 1. The molecular weight excluding hydrogens is 380 g/mol. The number of thiophene rings is 1. The van der Waals surface area contributed by atoms with Gasteiger partial charge in [0.2, 0.25) is 10.0 Å². The number of halogens is 1. The summed E-state index contributed by atoms with van der Waals surface area (Å²) in [7, 11) is -2.38. The van der Waals surface area contributed by atoms with Gasteiger partial charge in [0.25, 0.3) is 0 Å². The van der Waals surface area contributed by atoms with Crippen LogP contribution in [-0.2, 0) is 14.8 Å². The van der Waals surface area contributed by atoms with Crippen molar-refractivity contribution in [2.45, 2.75) is 30.2 Å². The number of ether oxygens (including phenoxy) is 1. The van der Waals surface area contributed by atoms with Crippen LogP contribution in [0.25, 0.3) is 0 Å². The summed E-state index contributed by atoms with van der Waals surface area (Å²) >= 11 is 4.26. The molecule has 1 atom stereocenters. The lowest BCUT2D eigenvalue weighted by atomic mass is 10.1. The van der Waals surface area contributed by atoms with Gasteiger partial charge < -0.3 is 10.1 Å². The van der Waals surface area contributed by atoms with Gasteiger partial charge >= 0.3 is 5.97 Å². The van der Waals surface area contributed by atoms with E-state index in [4.69, 9.17) is 0 Å². The molecule has 1 saturated heterocycles. The second kappa shape index (κ2) is 7.19. The predicted octanol–water partition coefficient (Wildman–Crippen LogP) is 1.72. The molecule has 1 aromatic heterocycles. The summed E-state index contributed by atoms with van der Waals surface area (Å²) in [5.41, 5.74) is 0. The molecule has 1 aliphatic rings. The minimum Gasteiger partial charge on any atom is -0.465 e. The van der Waals surface area contributed by atoms with Crippen LogP contribution in [0.15, 0.2) is 14.7 Å². The maximum absolute atomic E-state index is 12.5. The van der Waals surface area contributed by atoms with Gasteiger partial charge in [0, 0.05) is 6.04 Å². The Kier molecular flexibility index (Phi) is 5.78. The van der Waals surface area contributed by atoms with Gasteiger partial charge in [0.05, 0.1) is 10.9 Å². The maximum Gasteiger partial charge on any atom is 0.348 e. The quantitative estimate of drug-likeness (QED) is 0.756. The van der Waals surface area contributed by atoms with E-state index in [2.05, 4.69) is 30.7 Å². The van der Waals surface area contributed by atoms with Gasteiger partial charge in [0.15, 0.2) is 0 Å². The average Bonchev–Trinajstić information content (AvgIpc) is 2.66. The predicted molar refractivity (Wildman–Crippen MR) is 84.2 cm³/mol. The molecule has 1 aromatic rings. The summed E-state index contributed by atoms with van der Waals surface area (Å²) in [6.45, 7) is 1.71. The maximum atomic E-state index is 12.5. The number of carbonyl (C=O) groups excluding carboxylic acids is 1. The topological polar surface area (TPSA) is 84.5 Å². The number of sulfonamides is 1. The third-order valence-electron chi connectivity index (χ3n) is 3.23. The summed E-state index contributed by atoms with van der Waals surface area (Å²) in [5, 5.41) is 3.24. The highest BCUT2D eigenvalue weighted by Gasteiger charge is 2.26. The number of esters is 1. The Morgan fingerprint density at radius 2 is 2.24 bits per heavy atom. The van der Waals surface area contributed by atoms with Crippen LogP contribution in [0.2, 0.25) is 0 Å². The molecule has 1 unspecified atom stereocenters. The van der Waals surface area contributed by atoms with Crippen molar-refractivity contribution in [2.24, 2.45) is 0 Å². The van der Waals surface area contributed by atoms with E-state index >= 15 is 0 Å². The summed E-state index contributed by atoms with van der Waals surface area (Å²) in [5.74, 6) is -0.541. The van der Waals surface area contributed by atoms with Gasteiger partial charge in [-0.1, -0.05) is 0 Å². The van der Waals surface area contributed by atoms with Crippen molar-refractivity contribution in [1.29, 1.82) is 0 Å². The van der Waals surface area contributed by atoms with Gasteiger partial charge in [0.1, 0.15) is 9.77 Å². The molecule has 118 valence electrons. The Bertz CT molecular complexity index is 607. The largest absolute Gasteiger partial charge is 0.465 e. The highest BCUT2D eigenvalue weighted by atomic mass is 79.9. The fraction of sp³-hybridized carbons (Fsp3) is 0.583. The molecule has 0 saturated carbocycles. The average molecular weight is 397 g/mol. The van der Waals surface area contributed by atoms with Crippen LogP contribution in [-0.4, -0.2) is 40.6 Å². The summed E-state index contributed by atoms with van der Waals surface area (Å²) in [6.07, 6.45) is 2.49. The summed E-state index contributed by atoms with van der Waals surface area (Å²) < 4.78 is 32.6. The second-order valence-corrected chi connectivity index (χ2v) is 8.79. The van der Waals surface area contributed by atoms with Crippen molar-refractivity contribution in [3.8, 4) is 0 Å². The third kappa shape index (κ3) is 4.26. The zero-order chi connectivity index (χ0) is 15.5. The van der Waals surface area contributed by atoms with Crippen molar-refractivity contribution in [3.05, 3.63) is 14.7 Å². The normalized spacial score (nSPS) is 20.0. The molecule has 2 rings (SSSR count). The monoisotopic (exact) mass is 396 g/mol. The summed E-state index contributed by atoms with van der Waals surface area (Å²) in [6, 6.07) is 1.26. The van der Waals surface area contributed by atoms with Crippen LogP contribution in [0.3, 0.4) is 0 Å². The highest BCUT2D eigenvalue weighted by molar-refractivity contribution is 9.11. The van der Waals surface area contributed by atoms with E-state index in [0.29, 0.717) is 3.79 Å². The molecule has 0 radical (unpaired) electrons. The molecule has 0 aliphatic carbocycles. The molecule has 0 aromatic carbocycles. The van der Waals surface area contributed by atoms with Gasteiger partial charge in [-0.3, -0.25) is 0 Å². The zero-order valence-corrected chi connectivity index (χ0v) is 14.7. The van der Waals surface area contributed by atoms with E-state index in [9.17, 15) is 13.2 Å². The van der Waals surface area contributed by atoms with Crippen LogP contribution >= 0.6 is 27.3 Å². The van der Waals surface area contributed by atoms with Crippen LogP contribution in [0.1, 0.15) is 28.9 Å². The van der Waals surface area contributed by atoms with E-state index in [1.54, 1.807) is 0 Å². The third-order valence-corrected chi connectivity index (χ3v) is 6.98. The van der Waals surface area contributed by atoms with Gasteiger partial charge in [-0.05, 0) is 54.3 Å². The Labute approximate surface area is 136 Å². The van der Waals surface area contributed by atoms with Crippen molar-refractivity contribution >= 4 is 43.3 Å². The number of rotatable bonds is 4. The fourth-order valence-corrected chi connectivity index (χ4v) is 5.94. The van der Waals surface area contributed by atoms with Crippen molar-refractivity contribution in [2.75, 3.05) is 20.2 Å². The molecule has 2 heterocycles. The van der Waals surface area contributed by atoms with E-state index in [1.165, 1.54) is 13.2 Å². The van der Waals surface area contributed by atoms with Crippen LogP contribution in [0.4, 0.5) is 0 Å². The number of carbonyl (C=O) groups is 1. The molecule has 2 N–H and O–H groups in total. The van der Waals surface area contributed by atoms with Crippen LogP contribution < -0.4 is 10.0 Å². The first-order valence-electron chi connectivity index (χ1n) is 6.54. The Hall–Kier alpha value is -0.480. The lowest BCUT2D eigenvalue weighted by molar-refractivity contribution is 0.0606. The lowest BCUT2D eigenvalue weighted by Gasteiger charge is -2.15. The standard InChI is InChI=1S/C12H17BrN2O4S2/c1-19-12(16)9-7-10(11(13)20-9)21(17,18)15-8-3-2-5-14-6-4-8/h7-8,14-15H,2-6H2,1H3. The van der Waals surface area contributed by atoms with Crippen molar-refractivity contribution in [1.82, 2.24) is 10.0 Å². The van der Waals surface area contributed by atoms with Crippen molar-refractivity contribution in [3.63, 3.8) is 0 Å². The Morgan fingerprint density at radius 1 is 1.48 bits per heavy atom. The van der Waals surface area contributed by atoms with E-state index < -0.39 is 16.0 Å².